The lowest BCUT2D eigenvalue weighted by Crippen LogP contribution is -2.51. The van der Waals surface area contributed by atoms with Gasteiger partial charge in [-0.05, 0) is 51.9 Å². The van der Waals surface area contributed by atoms with Crippen LogP contribution in [0.5, 0.6) is 0 Å². The molecule has 2 fully saturated rings. The van der Waals surface area contributed by atoms with Gasteiger partial charge in [-0.25, -0.2) is 0 Å². The third-order valence-corrected chi connectivity index (χ3v) is 4.35. The minimum Gasteiger partial charge on any atom is -0.316 e. The minimum absolute atomic E-state index is 0.787. The van der Waals surface area contributed by atoms with Gasteiger partial charge in [0.15, 0.2) is 0 Å². The van der Waals surface area contributed by atoms with E-state index in [1.165, 1.54) is 58.5 Å². The third-order valence-electron chi connectivity index (χ3n) is 4.35. The van der Waals surface area contributed by atoms with Crippen molar-refractivity contribution < 1.29 is 0 Å². The first-order valence-electron chi connectivity index (χ1n) is 6.93. The van der Waals surface area contributed by atoms with Crippen LogP contribution in [0, 0.1) is 5.92 Å². The molecule has 2 unspecified atom stereocenters. The standard InChI is InChI=1S/C13H27N3/c1-3-13-11-16(9-8-15(13)2)7-5-12-4-6-14-10-12/h12-14H,3-11H2,1-2H3. The summed E-state index contributed by atoms with van der Waals surface area (Å²) < 4.78 is 0. The number of nitrogens with zero attached hydrogens (tertiary/aromatic N) is 2. The van der Waals surface area contributed by atoms with Crippen LogP contribution in [0.3, 0.4) is 0 Å². The van der Waals surface area contributed by atoms with Crippen LogP contribution in [0.25, 0.3) is 0 Å². The van der Waals surface area contributed by atoms with Crippen LogP contribution in [0.15, 0.2) is 0 Å². The summed E-state index contributed by atoms with van der Waals surface area (Å²) in [7, 11) is 2.27. The van der Waals surface area contributed by atoms with E-state index in [1.807, 2.05) is 0 Å². The van der Waals surface area contributed by atoms with Crippen LogP contribution >= 0.6 is 0 Å². The molecular formula is C13H27N3. The summed E-state index contributed by atoms with van der Waals surface area (Å²) in [6.07, 6.45) is 4.08. The molecular weight excluding hydrogens is 198 g/mol. The molecule has 3 heteroatoms. The Kier molecular flexibility index (Phi) is 4.62. The van der Waals surface area contributed by atoms with E-state index < -0.39 is 0 Å². The molecule has 1 N–H and O–H groups in total. The Bertz CT molecular complexity index is 201. The SMILES string of the molecule is CCC1CN(CCC2CCNC2)CCN1C. The lowest BCUT2D eigenvalue weighted by atomic mass is 10.0. The molecule has 2 rings (SSSR count). The number of hydrogen-bond donors (Lipinski definition) is 1. The first kappa shape index (κ1) is 12.3. The summed E-state index contributed by atoms with van der Waals surface area (Å²) in [5.74, 6) is 0.944. The molecule has 3 nitrogen and oxygen atoms in total. The van der Waals surface area contributed by atoms with Crippen LogP contribution in [0.4, 0.5) is 0 Å². The first-order valence-corrected chi connectivity index (χ1v) is 6.93. The van der Waals surface area contributed by atoms with E-state index in [2.05, 4.69) is 29.1 Å². The second-order valence-corrected chi connectivity index (χ2v) is 5.49. The molecule has 0 spiro atoms. The number of nitrogens with one attached hydrogen (secondary N) is 1. The second-order valence-electron chi connectivity index (χ2n) is 5.49. The van der Waals surface area contributed by atoms with Crippen molar-refractivity contribution in [1.29, 1.82) is 0 Å². The zero-order valence-electron chi connectivity index (χ0n) is 10.9. The zero-order chi connectivity index (χ0) is 11.4. The Balaban J connectivity index is 1.69. The fraction of sp³-hybridized carbons (Fsp3) is 1.00. The molecule has 0 aromatic heterocycles. The van der Waals surface area contributed by atoms with E-state index in [4.69, 9.17) is 0 Å². The van der Waals surface area contributed by atoms with Crippen molar-refractivity contribution in [3.63, 3.8) is 0 Å². The monoisotopic (exact) mass is 225 g/mol. The number of likely N-dealkylation sites (N-methyl/N-ethyl adjacent to an activating group) is 1. The van der Waals surface area contributed by atoms with Crippen LogP contribution in [-0.4, -0.2) is 62.2 Å². The van der Waals surface area contributed by atoms with Gasteiger partial charge in [0.1, 0.15) is 0 Å². The van der Waals surface area contributed by atoms with E-state index in [0.29, 0.717) is 0 Å². The van der Waals surface area contributed by atoms with Gasteiger partial charge in [0.25, 0.3) is 0 Å². The molecule has 0 bridgehead atoms. The summed E-state index contributed by atoms with van der Waals surface area (Å²) in [5.41, 5.74) is 0. The maximum atomic E-state index is 3.46. The van der Waals surface area contributed by atoms with Gasteiger partial charge in [0.2, 0.25) is 0 Å². The molecule has 2 heterocycles. The highest BCUT2D eigenvalue weighted by molar-refractivity contribution is 4.80. The van der Waals surface area contributed by atoms with Crippen LogP contribution in [-0.2, 0) is 0 Å². The molecule has 2 aliphatic rings. The van der Waals surface area contributed by atoms with Crippen molar-refractivity contribution in [2.75, 3.05) is 46.3 Å². The van der Waals surface area contributed by atoms with Crippen LogP contribution in [0.2, 0.25) is 0 Å². The number of hydrogen-bond acceptors (Lipinski definition) is 3. The van der Waals surface area contributed by atoms with Gasteiger partial charge in [-0.15, -0.1) is 0 Å². The van der Waals surface area contributed by atoms with Gasteiger partial charge >= 0.3 is 0 Å². The summed E-state index contributed by atoms with van der Waals surface area (Å²) in [4.78, 5) is 5.19. The molecule has 0 saturated carbocycles. The average molecular weight is 225 g/mol. The molecule has 0 aliphatic carbocycles. The van der Waals surface area contributed by atoms with Gasteiger partial charge in [0, 0.05) is 25.7 Å². The topological polar surface area (TPSA) is 18.5 Å². The second kappa shape index (κ2) is 5.99. The van der Waals surface area contributed by atoms with Crippen molar-refractivity contribution in [3.05, 3.63) is 0 Å². The van der Waals surface area contributed by atoms with Crippen molar-refractivity contribution in [1.82, 2.24) is 15.1 Å². The van der Waals surface area contributed by atoms with E-state index in [9.17, 15) is 0 Å². The molecule has 0 aromatic rings. The van der Waals surface area contributed by atoms with Gasteiger partial charge in [0.05, 0.1) is 0 Å². The Morgan fingerprint density at radius 2 is 2.19 bits per heavy atom. The molecule has 0 amide bonds. The smallest absolute Gasteiger partial charge is 0.0218 e. The summed E-state index contributed by atoms with van der Waals surface area (Å²) in [5, 5.41) is 3.46. The lowest BCUT2D eigenvalue weighted by molar-refractivity contribution is 0.0895. The Morgan fingerprint density at radius 1 is 1.31 bits per heavy atom. The van der Waals surface area contributed by atoms with Crippen molar-refractivity contribution in [2.45, 2.75) is 32.2 Å². The Labute approximate surface area is 100 Å². The molecule has 2 saturated heterocycles. The van der Waals surface area contributed by atoms with Crippen molar-refractivity contribution in [3.8, 4) is 0 Å². The number of piperazine rings is 1. The predicted molar refractivity (Wildman–Crippen MR) is 68.7 cm³/mol. The van der Waals surface area contributed by atoms with Gasteiger partial charge in [-0.2, -0.15) is 0 Å². The highest BCUT2D eigenvalue weighted by Crippen LogP contribution is 2.15. The van der Waals surface area contributed by atoms with E-state index in [0.717, 1.165) is 12.0 Å². The zero-order valence-corrected chi connectivity index (χ0v) is 10.9. The van der Waals surface area contributed by atoms with E-state index in [-0.39, 0.29) is 0 Å². The van der Waals surface area contributed by atoms with Crippen molar-refractivity contribution in [2.24, 2.45) is 5.92 Å². The Hall–Kier alpha value is -0.120. The molecule has 2 aliphatic heterocycles. The normalized spacial score (nSPS) is 33.4. The number of rotatable bonds is 4. The van der Waals surface area contributed by atoms with Gasteiger partial charge < -0.3 is 15.1 Å². The molecule has 16 heavy (non-hydrogen) atoms. The first-order chi connectivity index (χ1) is 7.79. The maximum Gasteiger partial charge on any atom is 0.0218 e. The highest BCUT2D eigenvalue weighted by Gasteiger charge is 2.23. The Morgan fingerprint density at radius 3 is 2.88 bits per heavy atom. The van der Waals surface area contributed by atoms with Crippen LogP contribution in [0.1, 0.15) is 26.2 Å². The molecule has 0 radical (unpaired) electrons. The minimum atomic E-state index is 0.787. The van der Waals surface area contributed by atoms with Gasteiger partial charge in [-0.1, -0.05) is 6.92 Å². The van der Waals surface area contributed by atoms with Crippen LogP contribution < -0.4 is 5.32 Å². The summed E-state index contributed by atoms with van der Waals surface area (Å²) in [6.45, 7) is 9.93. The largest absolute Gasteiger partial charge is 0.316 e. The average Bonchev–Trinajstić information content (AvgIpc) is 2.81. The fourth-order valence-corrected chi connectivity index (χ4v) is 2.98. The summed E-state index contributed by atoms with van der Waals surface area (Å²) in [6, 6.07) is 0.787. The highest BCUT2D eigenvalue weighted by atomic mass is 15.3. The fourth-order valence-electron chi connectivity index (χ4n) is 2.98. The summed E-state index contributed by atoms with van der Waals surface area (Å²) >= 11 is 0. The molecule has 0 aromatic carbocycles. The quantitative estimate of drug-likeness (QED) is 0.770. The lowest BCUT2D eigenvalue weighted by Gasteiger charge is -2.39. The van der Waals surface area contributed by atoms with Crippen molar-refractivity contribution >= 4 is 0 Å². The molecule has 94 valence electrons. The van der Waals surface area contributed by atoms with E-state index >= 15 is 0 Å². The third kappa shape index (κ3) is 3.19. The van der Waals surface area contributed by atoms with E-state index in [1.54, 1.807) is 0 Å². The molecule has 2 atom stereocenters. The van der Waals surface area contributed by atoms with Gasteiger partial charge in [-0.3, -0.25) is 0 Å². The predicted octanol–water partition coefficient (Wildman–Crippen LogP) is 1.01. The maximum absolute atomic E-state index is 3.46.